The number of ether oxygens (including phenoxy) is 2. The molecule has 1 N–H and O–H groups in total. The van der Waals surface area contributed by atoms with Crippen molar-refractivity contribution in [3.8, 4) is 11.4 Å². The van der Waals surface area contributed by atoms with Crippen LogP contribution in [-0.4, -0.2) is 45.9 Å². The number of rotatable bonds is 6. The predicted octanol–water partition coefficient (Wildman–Crippen LogP) is 4.03. The first-order valence-electron chi connectivity index (χ1n) is 10.7. The number of pyridine rings is 1. The zero-order valence-corrected chi connectivity index (χ0v) is 18.3. The molecule has 4 heterocycles. The Morgan fingerprint density at radius 2 is 2.03 bits per heavy atom. The highest BCUT2D eigenvalue weighted by molar-refractivity contribution is 7.80. The molecule has 0 amide bonds. The van der Waals surface area contributed by atoms with Crippen LogP contribution in [0.25, 0.3) is 5.69 Å². The molecule has 2 fully saturated rings. The molecule has 0 aliphatic carbocycles. The first-order chi connectivity index (χ1) is 15.3. The average Bonchev–Trinajstić information content (AvgIpc) is 3.56. The van der Waals surface area contributed by atoms with E-state index in [1.807, 2.05) is 36.5 Å². The second-order valence-corrected chi connectivity index (χ2v) is 8.28. The van der Waals surface area contributed by atoms with Gasteiger partial charge in [0, 0.05) is 31.2 Å². The average molecular weight is 435 g/mol. The van der Waals surface area contributed by atoms with Crippen molar-refractivity contribution in [2.75, 3.05) is 20.3 Å². The summed E-state index contributed by atoms with van der Waals surface area (Å²) in [6, 6.07) is 18.2. The molecule has 5 rings (SSSR count). The summed E-state index contributed by atoms with van der Waals surface area (Å²) < 4.78 is 13.8. The molecule has 7 heteroatoms. The lowest BCUT2D eigenvalue weighted by Crippen LogP contribution is -2.36. The fourth-order valence-electron chi connectivity index (χ4n) is 4.61. The van der Waals surface area contributed by atoms with Crippen molar-refractivity contribution in [3.05, 3.63) is 78.4 Å². The highest BCUT2D eigenvalue weighted by Gasteiger charge is 2.42. The van der Waals surface area contributed by atoms with Crippen LogP contribution in [0.1, 0.15) is 36.3 Å². The van der Waals surface area contributed by atoms with Crippen molar-refractivity contribution in [1.82, 2.24) is 19.8 Å². The fraction of sp³-hybridized carbons (Fsp3) is 0.333. The zero-order chi connectivity index (χ0) is 21.2. The van der Waals surface area contributed by atoms with Crippen molar-refractivity contribution in [2.45, 2.75) is 31.0 Å². The molecule has 2 aliphatic rings. The summed E-state index contributed by atoms with van der Waals surface area (Å²) in [5, 5.41) is 4.27. The lowest BCUT2D eigenvalue weighted by atomic mass is 10.0. The molecule has 0 spiro atoms. The van der Waals surface area contributed by atoms with E-state index >= 15 is 0 Å². The number of para-hydroxylation sites is 2. The van der Waals surface area contributed by atoms with Gasteiger partial charge >= 0.3 is 0 Å². The molecule has 0 radical (unpaired) electrons. The van der Waals surface area contributed by atoms with Crippen molar-refractivity contribution >= 4 is 17.3 Å². The summed E-state index contributed by atoms with van der Waals surface area (Å²) in [6.07, 6.45) is 6.27. The quantitative estimate of drug-likeness (QED) is 0.591. The van der Waals surface area contributed by atoms with Gasteiger partial charge in [-0.05, 0) is 61.5 Å². The maximum Gasteiger partial charge on any atom is 0.170 e. The molecule has 160 valence electrons. The van der Waals surface area contributed by atoms with Crippen LogP contribution in [0.3, 0.4) is 0 Å². The fourth-order valence-corrected chi connectivity index (χ4v) is 4.93. The minimum Gasteiger partial charge on any atom is -0.495 e. The summed E-state index contributed by atoms with van der Waals surface area (Å²) in [4.78, 5) is 6.91. The van der Waals surface area contributed by atoms with E-state index in [1.54, 1.807) is 7.11 Å². The molecule has 0 saturated carbocycles. The maximum absolute atomic E-state index is 5.95. The second kappa shape index (κ2) is 8.69. The number of methoxy groups -OCH3 is 1. The van der Waals surface area contributed by atoms with E-state index in [1.165, 1.54) is 0 Å². The van der Waals surface area contributed by atoms with Crippen LogP contribution in [0.4, 0.5) is 0 Å². The topological polar surface area (TPSA) is 51.5 Å². The Bertz CT molecular complexity index is 1050. The van der Waals surface area contributed by atoms with E-state index in [4.69, 9.17) is 21.7 Å². The first-order valence-corrected chi connectivity index (χ1v) is 11.1. The normalized spacial score (nSPS) is 23.2. The molecule has 31 heavy (non-hydrogen) atoms. The van der Waals surface area contributed by atoms with Crippen molar-refractivity contribution in [1.29, 1.82) is 0 Å². The number of aromatic nitrogens is 2. The molecule has 2 aromatic heterocycles. The molecular weight excluding hydrogens is 408 g/mol. The van der Waals surface area contributed by atoms with E-state index in [9.17, 15) is 0 Å². The third-order valence-electron chi connectivity index (χ3n) is 6.05. The molecule has 6 nitrogen and oxygen atoms in total. The van der Waals surface area contributed by atoms with Crippen LogP contribution in [0.5, 0.6) is 5.75 Å². The number of nitrogens with one attached hydrogen (secondary N) is 1. The minimum atomic E-state index is -0.0570. The number of hydrogen-bond acceptors (Lipinski definition) is 4. The third-order valence-corrected chi connectivity index (χ3v) is 6.40. The standard InChI is InChI=1S/C24H26N4O2S/c1-29-21-12-3-2-10-19(21)27-14-6-11-20(27)23-22(18-9-4-5-13-25-18)26-24(31)28(23)16-17-8-7-15-30-17/h2-6,9-14,17,22-23H,7-8,15-16H2,1H3,(H,26,31)/t17-,22+,23-/m1/s1. The lowest BCUT2D eigenvalue weighted by molar-refractivity contribution is 0.0836. The SMILES string of the molecule is COc1ccccc1-n1cccc1[C@@H]1[C@H](c2ccccn2)NC(=S)N1C[C@H]1CCCO1. The Morgan fingerprint density at radius 3 is 2.81 bits per heavy atom. The summed E-state index contributed by atoms with van der Waals surface area (Å²) in [5.41, 5.74) is 3.10. The summed E-state index contributed by atoms with van der Waals surface area (Å²) >= 11 is 5.81. The van der Waals surface area contributed by atoms with E-state index in [0.29, 0.717) is 0 Å². The first kappa shape index (κ1) is 20.0. The van der Waals surface area contributed by atoms with E-state index in [-0.39, 0.29) is 18.2 Å². The predicted molar refractivity (Wildman–Crippen MR) is 123 cm³/mol. The van der Waals surface area contributed by atoms with E-state index in [0.717, 1.165) is 53.9 Å². The molecule has 0 unspecified atom stereocenters. The molecule has 3 atom stereocenters. The van der Waals surface area contributed by atoms with Gasteiger partial charge in [-0.25, -0.2) is 0 Å². The Hall–Kier alpha value is -2.90. The number of benzene rings is 1. The summed E-state index contributed by atoms with van der Waals surface area (Å²) in [7, 11) is 1.70. The van der Waals surface area contributed by atoms with Gasteiger partial charge in [0.2, 0.25) is 0 Å². The Kier molecular flexibility index (Phi) is 5.61. The van der Waals surface area contributed by atoms with Gasteiger partial charge in [0.05, 0.1) is 36.7 Å². The Balaban J connectivity index is 1.59. The highest BCUT2D eigenvalue weighted by atomic mass is 32.1. The highest BCUT2D eigenvalue weighted by Crippen LogP contribution is 2.41. The molecule has 0 bridgehead atoms. The van der Waals surface area contributed by atoms with Gasteiger partial charge in [0.1, 0.15) is 5.75 Å². The van der Waals surface area contributed by atoms with Crippen LogP contribution in [-0.2, 0) is 4.74 Å². The molecule has 2 saturated heterocycles. The Labute approximate surface area is 187 Å². The van der Waals surface area contributed by atoms with Gasteiger partial charge in [-0.2, -0.15) is 0 Å². The third kappa shape index (κ3) is 3.79. The molecule has 2 aliphatic heterocycles. The number of hydrogen-bond donors (Lipinski definition) is 1. The zero-order valence-electron chi connectivity index (χ0n) is 17.5. The largest absolute Gasteiger partial charge is 0.495 e. The van der Waals surface area contributed by atoms with Gasteiger partial charge in [-0.3, -0.25) is 4.98 Å². The number of thiocarbonyl (C=S) groups is 1. The molecule has 3 aromatic rings. The monoisotopic (exact) mass is 434 g/mol. The van der Waals surface area contributed by atoms with Gasteiger partial charge < -0.3 is 24.3 Å². The minimum absolute atomic E-state index is 0.0217. The van der Waals surface area contributed by atoms with Gasteiger partial charge in [0.15, 0.2) is 5.11 Å². The summed E-state index contributed by atoms with van der Waals surface area (Å²) in [6.45, 7) is 1.58. The second-order valence-electron chi connectivity index (χ2n) is 7.89. The van der Waals surface area contributed by atoms with Gasteiger partial charge in [-0.15, -0.1) is 0 Å². The van der Waals surface area contributed by atoms with E-state index < -0.39 is 0 Å². The number of nitrogens with zero attached hydrogens (tertiary/aromatic N) is 3. The van der Waals surface area contributed by atoms with Crippen LogP contribution >= 0.6 is 12.2 Å². The Morgan fingerprint density at radius 1 is 1.16 bits per heavy atom. The van der Waals surface area contributed by atoms with Crippen LogP contribution < -0.4 is 10.1 Å². The molecule has 1 aromatic carbocycles. The van der Waals surface area contributed by atoms with Crippen LogP contribution in [0.15, 0.2) is 67.0 Å². The lowest BCUT2D eigenvalue weighted by Gasteiger charge is -2.30. The van der Waals surface area contributed by atoms with Gasteiger partial charge in [-0.1, -0.05) is 18.2 Å². The van der Waals surface area contributed by atoms with Gasteiger partial charge in [0.25, 0.3) is 0 Å². The molecular formula is C24H26N4O2S. The van der Waals surface area contributed by atoms with Crippen molar-refractivity contribution in [3.63, 3.8) is 0 Å². The smallest absolute Gasteiger partial charge is 0.170 e. The summed E-state index contributed by atoms with van der Waals surface area (Å²) in [5.74, 6) is 0.827. The van der Waals surface area contributed by atoms with Crippen molar-refractivity contribution in [2.24, 2.45) is 0 Å². The van der Waals surface area contributed by atoms with E-state index in [2.05, 4.69) is 50.2 Å². The van der Waals surface area contributed by atoms with Crippen LogP contribution in [0, 0.1) is 0 Å². The van der Waals surface area contributed by atoms with Crippen LogP contribution in [0.2, 0.25) is 0 Å². The maximum atomic E-state index is 5.95. The van der Waals surface area contributed by atoms with Crippen molar-refractivity contribution < 1.29 is 9.47 Å².